The van der Waals surface area contributed by atoms with Gasteiger partial charge in [-0.1, -0.05) is 87.6 Å². The molecule has 0 aliphatic heterocycles. The van der Waals surface area contributed by atoms with Crippen molar-refractivity contribution in [3.8, 4) is 11.1 Å². The minimum Gasteiger partial charge on any atom is -0.290 e. The Balaban J connectivity index is 0.000000174. The van der Waals surface area contributed by atoms with Gasteiger partial charge in [0.2, 0.25) is 0 Å². The van der Waals surface area contributed by atoms with Gasteiger partial charge in [-0.2, -0.15) is 0 Å². The van der Waals surface area contributed by atoms with Gasteiger partial charge in [0, 0.05) is 5.56 Å². The molecule has 0 heterocycles. The lowest BCUT2D eigenvalue weighted by atomic mass is 10.0. The number of aryl methyl sites for hydroxylation is 3. The van der Waals surface area contributed by atoms with Crippen molar-refractivity contribution in [3.05, 3.63) is 95.1 Å². The molecule has 122 valence electrons. The molecular formula is C22H23OP. The quantitative estimate of drug-likeness (QED) is 0.527. The molecule has 0 bridgehead atoms. The Labute approximate surface area is 147 Å². The molecule has 0 fully saturated rings. The van der Waals surface area contributed by atoms with Crippen LogP contribution in [0.3, 0.4) is 0 Å². The van der Waals surface area contributed by atoms with Crippen LogP contribution in [-0.2, 0) is 0 Å². The number of rotatable bonds is 2. The topological polar surface area (TPSA) is 17.1 Å². The molecule has 0 saturated carbocycles. The summed E-state index contributed by atoms with van der Waals surface area (Å²) in [5.41, 5.74) is 6.80. The van der Waals surface area contributed by atoms with E-state index in [1.807, 2.05) is 45.0 Å². The zero-order chi connectivity index (χ0) is 17.5. The van der Waals surface area contributed by atoms with Gasteiger partial charge in [0.1, 0.15) is 0 Å². The van der Waals surface area contributed by atoms with E-state index < -0.39 is 0 Å². The van der Waals surface area contributed by atoms with E-state index in [0.29, 0.717) is 0 Å². The van der Waals surface area contributed by atoms with E-state index in [9.17, 15) is 4.79 Å². The van der Waals surface area contributed by atoms with Crippen LogP contribution in [0.5, 0.6) is 0 Å². The third kappa shape index (κ3) is 4.88. The van der Waals surface area contributed by atoms with E-state index >= 15 is 0 Å². The zero-order valence-electron chi connectivity index (χ0n) is 14.4. The van der Waals surface area contributed by atoms with Crippen molar-refractivity contribution >= 4 is 14.8 Å². The van der Waals surface area contributed by atoms with Crippen molar-refractivity contribution in [2.24, 2.45) is 0 Å². The van der Waals surface area contributed by atoms with E-state index in [4.69, 9.17) is 0 Å². The Bertz CT molecular complexity index is 747. The van der Waals surface area contributed by atoms with Crippen LogP contribution < -0.4 is 0 Å². The second-order valence-electron chi connectivity index (χ2n) is 5.87. The van der Waals surface area contributed by atoms with Gasteiger partial charge in [0.15, 0.2) is 5.52 Å². The van der Waals surface area contributed by atoms with E-state index in [2.05, 4.69) is 57.8 Å². The summed E-state index contributed by atoms with van der Waals surface area (Å²) < 4.78 is 0. The Morgan fingerprint density at radius 3 is 1.42 bits per heavy atom. The largest absolute Gasteiger partial charge is 0.290 e. The normalized spacial score (nSPS) is 9.83. The van der Waals surface area contributed by atoms with E-state index in [-0.39, 0.29) is 5.52 Å². The highest BCUT2D eigenvalue weighted by molar-refractivity contribution is 7.41. The average molecular weight is 334 g/mol. The highest BCUT2D eigenvalue weighted by Crippen LogP contribution is 2.19. The molecule has 1 unspecified atom stereocenters. The van der Waals surface area contributed by atoms with Gasteiger partial charge in [-0.15, -0.1) is 0 Å². The molecule has 0 aliphatic carbocycles. The molecule has 1 nitrogen and oxygen atoms in total. The lowest BCUT2D eigenvalue weighted by Gasteiger charge is -2.06. The molecule has 2 heteroatoms. The highest BCUT2D eigenvalue weighted by Gasteiger charge is 2.07. The standard InChI is InChI=1S/C12H10.C10H13OP/c1-3-7-11(8-4-1)12-9-5-2-6-10-12;1-6-4-7(2)9(10(11)12)8(3)5-6/h1-10H;4-5H,12H2,1-3H3. The Hall–Kier alpha value is -2.24. The first-order valence-electron chi connectivity index (χ1n) is 7.97. The van der Waals surface area contributed by atoms with Crippen LogP contribution in [0.15, 0.2) is 72.8 Å². The zero-order valence-corrected chi connectivity index (χ0v) is 15.6. The molecule has 0 spiro atoms. The van der Waals surface area contributed by atoms with Gasteiger partial charge in [-0.3, -0.25) is 4.79 Å². The van der Waals surface area contributed by atoms with Crippen molar-refractivity contribution < 1.29 is 4.79 Å². The minimum atomic E-state index is 0.0741. The number of hydrogen-bond acceptors (Lipinski definition) is 1. The number of hydrogen-bond donors (Lipinski definition) is 0. The van der Waals surface area contributed by atoms with E-state index in [1.165, 1.54) is 16.7 Å². The summed E-state index contributed by atoms with van der Waals surface area (Å²) >= 11 is 0. The summed E-state index contributed by atoms with van der Waals surface area (Å²) in [5, 5.41) is 0. The molecule has 0 aliphatic rings. The maximum Gasteiger partial charge on any atom is 0.178 e. The van der Waals surface area contributed by atoms with Crippen LogP contribution in [0.4, 0.5) is 0 Å². The first-order chi connectivity index (χ1) is 11.5. The molecule has 24 heavy (non-hydrogen) atoms. The second-order valence-corrected chi connectivity index (χ2v) is 6.39. The van der Waals surface area contributed by atoms with Crippen LogP contribution in [0.2, 0.25) is 0 Å². The summed E-state index contributed by atoms with van der Waals surface area (Å²) in [6, 6.07) is 24.8. The molecule has 1 atom stereocenters. The fraction of sp³-hybridized carbons (Fsp3) is 0.136. The van der Waals surface area contributed by atoms with Crippen LogP contribution in [0, 0.1) is 20.8 Å². The molecule has 0 aromatic heterocycles. The van der Waals surface area contributed by atoms with Crippen molar-refractivity contribution in [1.29, 1.82) is 0 Å². The van der Waals surface area contributed by atoms with Crippen LogP contribution >= 0.6 is 9.24 Å². The number of carbonyl (C=O) groups excluding carboxylic acids is 1. The van der Waals surface area contributed by atoms with Gasteiger partial charge < -0.3 is 0 Å². The van der Waals surface area contributed by atoms with E-state index in [1.54, 1.807) is 0 Å². The van der Waals surface area contributed by atoms with Gasteiger partial charge in [0.25, 0.3) is 0 Å². The first kappa shape index (κ1) is 18.1. The van der Waals surface area contributed by atoms with Crippen LogP contribution in [-0.4, -0.2) is 5.52 Å². The molecular weight excluding hydrogens is 311 g/mol. The number of carbonyl (C=O) groups is 1. The SMILES string of the molecule is Cc1cc(C)c(C(=O)P)c(C)c1.c1ccc(-c2ccccc2)cc1. The summed E-state index contributed by atoms with van der Waals surface area (Å²) in [7, 11) is 2.22. The summed E-state index contributed by atoms with van der Waals surface area (Å²) in [6.45, 7) is 5.98. The number of benzene rings is 3. The molecule has 3 aromatic rings. The average Bonchev–Trinajstić information content (AvgIpc) is 2.56. The van der Waals surface area contributed by atoms with Crippen molar-refractivity contribution in [2.75, 3.05) is 0 Å². The monoisotopic (exact) mass is 334 g/mol. The molecule has 0 N–H and O–H groups in total. The molecule has 0 radical (unpaired) electrons. The van der Waals surface area contributed by atoms with Crippen molar-refractivity contribution in [2.45, 2.75) is 20.8 Å². The summed E-state index contributed by atoms with van der Waals surface area (Å²) in [4.78, 5) is 11.2. The predicted molar refractivity (Wildman–Crippen MR) is 107 cm³/mol. The van der Waals surface area contributed by atoms with Crippen molar-refractivity contribution in [1.82, 2.24) is 0 Å². The van der Waals surface area contributed by atoms with Gasteiger partial charge in [-0.25, -0.2) is 0 Å². The van der Waals surface area contributed by atoms with Crippen LogP contribution in [0.25, 0.3) is 11.1 Å². The fourth-order valence-corrected chi connectivity index (χ4v) is 3.29. The van der Waals surface area contributed by atoms with Crippen molar-refractivity contribution in [3.63, 3.8) is 0 Å². The lowest BCUT2D eigenvalue weighted by Crippen LogP contribution is -1.97. The molecule has 3 rings (SSSR count). The highest BCUT2D eigenvalue weighted by atomic mass is 31.0. The first-order valence-corrected chi connectivity index (χ1v) is 8.55. The Morgan fingerprint density at radius 1 is 0.708 bits per heavy atom. The Kier molecular flexibility index (Phi) is 6.46. The minimum absolute atomic E-state index is 0.0741. The summed E-state index contributed by atoms with van der Waals surface area (Å²) in [6.07, 6.45) is 0. The molecule has 3 aromatic carbocycles. The maximum atomic E-state index is 11.2. The van der Waals surface area contributed by atoms with E-state index in [0.717, 1.165) is 16.7 Å². The van der Waals surface area contributed by atoms with Gasteiger partial charge >= 0.3 is 0 Å². The second kappa shape index (κ2) is 8.57. The fourth-order valence-electron chi connectivity index (χ4n) is 2.83. The lowest BCUT2D eigenvalue weighted by molar-refractivity contribution is 0.108. The maximum absolute atomic E-state index is 11.2. The Morgan fingerprint density at radius 2 is 1.08 bits per heavy atom. The third-order valence-electron chi connectivity index (χ3n) is 3.80. The molecule has 0 amide bonds. The predicted octanol–water partition coefficient (Wildman–Crippen LogP) is 5.98. The molecule has 0 saturated heterocycles. The third-order valence-corrected chi connectivity index (χ3v) is 4.09. The van der Waals surface area contributed by atoms with Crippen LogP contribution in [0.1, 0.15) is 27.0 Å². The smallest absolute Gasteiger partial charge is 0.178 e. The van der Waals surface area contributed by atoms with Gasteiger partial charge in [0.05, 0.1) is 0 Å². The van der Waals surface area contributed by atoms with Gasteiger partial charge in [-0.05, 0) is 43.0 Å². The summed E-state index contributed by atoms with van der Waals surface area (Å²) in [5.74, 6) is 0.